The van der Waals surface area contributed by atoms with E-state index in [1.54, 1.807) is 32.9 Å². The molecule has 46 heavy (non-hydrogen) atoms. The number of likely N-dealkylation sites (tertiary alicyclic amines) is 1. The van der Waals surface area contributed by atoms with Gasteiger partial charge in [-0.15, -0.1) is 0 Å². The van der Waals surface area contributed by atoms with Crippen molar-refractivity contribution in [3.8, 4) is 5.75 Å². The van der Waals surface area contributed by atoms with E-state index < -0.39 is 75.9 Å². The number of benzene rings is 2. The van der Waals surface area contributed by atoms with Crippen molar-refractivity contribution in [1.82, 2.24) is 4.90 Å². The predicted octanol–water partition coefficient (Wildman–Crippen LogP) is 2.91. The van der Waals surface area contributed by atoms with Crippen molar-refractivity contribution < 1.29 is 39.9 Å². The molecule has 8 N–H and O–H groups in total. The van der Waals surface area contributed by atoms with Gasteiger partial charge in [0.15, 0.2) is 11.4 Å². The largest absolute Gasteiger partial charge is 0.508 e. The van der Waals surface area contributed by atoms with Gasteiger partial charge in [-0.2, -0.15) is 0 Å². The Hall–Kier alpha value is -4.19. The minimum absolute atomic E-state index is 0.0150. The molecule has 2 fully saturated rings. The van der Waals surface area contributed by atoms with Gasteiger partial charge in [-0.1, -0.05) is 57.2 Å². The number of piperidine rings is 1. The highest BCUT2D eigenvalue weighted by molar-refractivity contribution is 6.23. The zero-order chi connectivity index (χ0) is 33.2. The second-order valence-corrected chi connectivity index (χ2v) is 13.5. The lowest BCUT2D eigenvalue weighted by molar-refractivity contribution is -0.171. The highest BCUT2D eigenvalue weighted by Crippen LogP contribution is 2.58. The number of carbonyl (C=O) groups excluding carboxylic acids is 3. The van der Waals surface area contributed by atoms with Gasteiger partial charge in [-0.25, -0.2) is 0 Å². The van der Waals surface area contributed by atoms with E-state index >= 15 is 0 Å². The molecule has 1 saturated carbocycles. The van der Waals surface area contributed by atoms with Crippen molar-refractivity contribution in [2.75, 3.05) is 18.4 Å². The summed E-state index contributed by atoms with van der Waals surface area (Å²) in [6, 6.07) is 13.7. The molecule has 3 aliphatic carbocycles. The van der Waals surface area contributed by atoms with Gasteiger partial charge in [0.25, 0.3) is 5.91 Å². The van der Waals surface area contributed by atoms with Crippen LogP contribution in [0, 0.1) is 23.7 Å². The van der Waals surface area contributed by atoms with Crippen LogP contribution in [0.5, 0.6) is 5.75 Å². The Morgan fingerprint density at radius 2 is 1.72 bits per heavy atom. The highest BCUT2D eigenvalue weighted by Gasteiger charge is 2.68. The van der Waals surface area contributed by atoms with Gasteiger partial charge >= 0.3 is 0 Å². The molecule has 0 bridgehead atoms. The van der Waals surface area contributed by atoms with Gasteiger partial charge in [-0.05, 0) is 41.9 Å². The quantitative estimate of drug-likeness (QED) is 0.184. The maximum atomic E-state index is 14.2. The average Bonchev–Trinajstić information content (AvgIpc) is 3.01. The Labute approximate surface area is 267 Å². The van der Waals surface area contributed by atoms with Gasteiger partial charge in [0.1, 0.15) is 22.8 Å². The number of anilines is 1. The third kappa shape index (κ3) is 4.71. The molecule has 1 saturated heterocycles. The summed E-state index contributed by atoms with van der Waals surface area (Å²) in [5.74, 6) is -10.5. The zero-order valence-electron chi connectivity index (χ0n) is 26.1. The Kier molecular flexibility index (Phi) is 7.98. The molecule has 0 spiro atoms. The SMILES string of the molecule is CC(C)[C@@H]1C(=O)C(C(N)=O)=C(O)[C@@]2(O)C(=O)C3=C(O)c4c(ccc(NC5CCN(Cc6ccccc6)CC5)c4O)[C@H](C)[C@H]3[C@H](O)[C@@H]12. The Morgan fingerprint density at radius 1 is 1.07 bits per heavy atom. The number of rotatable bonds is 6. The number of nitrogens with two attached hydrogens (primary N) is 1. The topological polar surface area (TPSA) is 194 Å². The number of Topliss-reactive ketones (excluding diaryl/α,β-unsaturated/α-hetero) is 2. The van der Waals surface area contributed by atoms with Gasteiger partial charge in [0.2, 0.25) is 5.78 Å². The summed E-state index contributed by atoms with van der Waals surface area (Å²) in [6.45, 7) is 7.56. The van der Waals surface area contributed by atoms with Crippen LogP contribution in [0.3, 0.4) is 0 Å². The molecule has 244 valence electrons. The first-order valence-electron chi connectivity index (χ1n) is 15.8. The molecular formula is C35H41N3O8. The summed E-state index contributed by atoms with van der Waals surface area (Å²) in [6.07, 6.45) is 0.0479. The molecule has 1 aliphatic heterocycles. The van der Waals surface area contributed by atoms with E-state index in [0.29, 0.717) is 11.3 Å². The fourth-order valence-electron chi connectivity index (χ4n) is 8.27. The minimum Gasteiger partial charge on any atom is -0.508 e. The van der Waals surface area contributed by atoms with Crippen molar-refractivity contribution in [3.63, 3.8) is 0 Å². The molecule has 6 rings (SSSR count). The van der Waals surface area contributed by atoms with Gasteiger partial charge in [0.05, 0.1) is 17.4 Å². The smallest absolute Gasteiger partial charge is 0.255 e. The number of nitrogens with zero attached hydrogens (tertiary/aromatic N) is 1. The maximum Gasteiger partial charge on any atom is 0.255 e. The third-order valence-corrected chi connectivity index (χ3v) is 10.6. The lowest BCUT2D eigenvalue weighted by atomic mass is 9.51. The predicted molar refractivity (Wildman–Crippen MR) is 170 cm³/mol. The number of phenols is 1. The van der Waals surface area contributed by atoms with E-state index in [1.165, 1.54) is 5.56 Å². The van der Waals surface area contributed by atoms with Crippen LogP contribution in [-0.2, 0) is 20.9 Å². The van der Waals surface area contributed by atoms with Gasteiger partial charge in [-0.3, -0.25) is 19.3 Å². The van der Waals surface area contributed by atoms with Gasteiger partial charge in [0, 0.05) is 49.0 Å². The number of ketones is 2. The normalized spacial score (nSPS) is 30.3. The number of phenolic OH excluding ortho intramolecular Hbond substituents is 1. The van der Waals surface area contributed by atoms with E-state index in [9.17, 15) is 39.9 Å². The van der Waals surface area contributed by atoms with Gasteiger partial charge < -0.3 is 36.6 Å². The molecule has 1 heterocycles. The van der Waals surface area contributed by atoms with Crippen molar-refractivity contribution in [3.05, 3.63) is 76.1 Å². The summed E-state index contributed by atoms with van der Waals surface area (Å²) in [5, 5.41) is 61.3. The lowest BCUT2D eigenvalue weighted by Crippen LogP contribution is -2.67. The highest BCUT2D eigenvalue weighted by atomic mass is 16.4. The van der Waals surface area contributed by atoms with Crippen molar-refractivity contribution in [2.45, 2.75) is 63.8 Å². The number of nitrogens with one attached hydrogen (secondary N) is 1. The Morgan fingerprint density at radius 3 is 2.33 bits per heavy atom. The zero-order valence-corrected chi connectivity index (χ0v) is 26.1. The maximum absolute atomic E-state index is 14.2. The van der Waals surface area contributed by atoms with E-state index in [2.05, 4.69) is 22.3 Å². The molecule has 2 aromatic carbocycles. The summed E-state index contributed by atoms with van der Waals surface area (Å²) in [5.41, 5.74) is 3.28. The van der Waals surface area contributed by atoms with E-state index in [0.717, 1.165) is 32.5 Å². The van der Waals surface area contributed by atoms with Crippen molar-refractivity contribution in [1.29, 1.82) is 0 Å². The minimum atomic E-state index is -2.90. The van der Waals surface area contributed by atoms with E-state index in [1.807, 2.05) is 18.2 Å². The van der Waals surface area contributed by atoms with E-state index in [-0.39, 0.29) is 22.9 Å². The molecule has 0 radical (unpaired) electrons. The van der Waals surface area contributed by atoms with Crippen LogP contribution in [0.2, 0.25) is 0 Å². The number of aliphatic hydroxyl groups is 4. The molecule has 1 amide bonds. The summed E-state index contributed by atoms with van der Waals surface area (Å²) < 4.78 is 0. The number of aliphatic hydroxyl groups excluding tert-OH is 3. The molecule has 0 unspecified atom stereocenters. The molecule has 4 aliphatic rings. The third-order valence-electron chi connectivity index (χ3n) is 10.6. The number of fused-ring (bicyclic) bond motifs is 3. The standard InChI is InChI=1S/C35H41N3O8/c1-16(2)22-27-31(42)23-17(3)20-9-10-21(37-19-11-13-38(14-12-19)15-18-7-5-4-6-8-18)28(39)24(20)30(41)25(23)32(43)35(27,46)33(44)26(29(22)40)34(36)45/h4-10,16-17,19,22-23,27,31,37,39,41-42,44,46H,11-15H2,1-3H3,(H2,36,45)/t17-,22-,23+,27+,31-,35-/m0/s1. The summed E-state index contributed by atoms with van der Waals surface area (Å²) >= 11 is 0. The van der Waals surface area contributed by atoms with Crippen LogP contribution in [-0.4, -0.2) is 78.7 Å². The van der Waals surface area contributed by atoms with Crippen molar-refractivity contribution >= 4 is 28.9 Å². The monoisotopic (exact) mass is 631 g/mol. The van der Waals surface area contributed by atoms with E-state index in [4.69, 9.17) is 5.73 Å². The van der Waals surface area contributed by atoms with Crippen LogP contribution < -0.4 is 11.1 Å². The summed E-state index contributed by atoms with van der Waals surface area (Å²) in [7, 11) is 0. The second-order valence-electron chi connectivity index (χ2n) is 13.5. The van der Waals surface area contributed by atoms with Crippen LogP contribution >= 0.6 is 0 Å². The molecule has 0 aromatic heterocycles. The first-order valence-corrected chi connectivity index (χ1v) is 15.8. The molecular weight excluding hydrogens is 590 g/mol. The molecule has 6 atom stereocenters. The number of hydrogen-bond acceptors (Lipinski definition) is 10. The number of hydrogen-bond donors (Lipinski definition) is 7. The number of carbonyl (C=O) groups is 3. The second kappa shape index (κ2) is 11.6. The molecule has 11 heteroatoms. The number of aromatic hydroxyl groups is 1. The van der Waals surface area contributed by atoms with Crippen molar-refractivity contribution in [2.24, 2.45) is 29.4 Å². The first-order chi connectivity index (χ1) is 21.8. The Bertz CT molecular complexity index is 1660. The van der Waals surface area contributed by atoms with Crippen LogP contribution in [0.25, 0.3) is 5.76 Å². The van der Waals surface area contributed by atoms with Crippen LogP contribution in [0.1, 0.15) is 56.2 Å². The average molecular weight is 632 g/mol. The first kappa shape index (κ1) is 31.8. The summed E-state index contributed by atoms with van der Waals surface area (Å²) in [4.78, 5) is 42.2. The fraction of sp³-hybridized carbons (Fsp3) is 0.457. The molecule has 11 nitrogen and oxygen atoms in total. The van der Waals surface area contributed by atoms with Crippen LogP contribution in [0.4, 0.5) is 5.69 Å². The molecule has 2 aromatic rings. The van der Waals surface area contributed by atoms with Crippen LogP contribution in [0.15, 0.2) is 59.4 Å². The Balaban J connectivity index is 1.34. The lowest BCUT2D eigenvalue weighted by Gasteiger charge is -2.53. The number of amides is 1. The fourth-order valence-corrected chi connectivity index (χ4v) is 8.27. The number of primary amides is 1.